The summed E-state index contributed by atoms with van der Waals surface area (Å²) in [5.41, 5.74) is 3.08. The number of rotatable bonds is 7. The minimum absolute atomic E-state index is 0.0437. The lowest BCUT2D eigenvalue weighted by Gasteiger charge is -2.12. The van der Waals surface area contributed by atoms with Gasteiger partial charge in [-0.2, -0.15) is 0 Å². The molecule has 2 aromatic rings. The van der Waals surface area contributed by atoms with E-state index in [1.807, 2.05) is 24.3 Å². The maximum atomic E-state index is 12.1. The first-order valence-electron chi connectivity index (χ1n) is 11.8. The fourth-order valence-corrected chi connectivity index (χ4v) is 8.11. The lowest BCUT2D eigenvalue weighted by atomic mass is 10.1. The van der Waals surface area contributed by atoms with Crippen LogP contribution >= 0.6 is 0 Å². The number of anilines is 2. The molecule has 0 spiro atoms. The molecule has 2 atom stereocenters. The largest absolute Gasteiger partial charge is 0.338 e. The zero-order chi connectivity index (χ0) is 25.8. The van der Waals surface area contributed by atoms with Crippen molar-refractivity contribution in [1.82, 2.24) is 10.6 Å². The Morgan fingerprint density at radius 2 is 1.00 bits per heavy atom. The van der Waals surface area contributed by atoms with Gasteiger partial charge in [-0.15, -0.1) is 0 Å². The number of urea groups is 2. The summed E-state index contributed by atoms with van der Waals surface area (Å²) in [4.78, 5) is 24.2. The third-order valence-electron chi connectivity index (χ3n) is 6.37. The van der Waals surface area contributed by atoms with Crippen molar-refractivity contribution in [3.63, 3.8) is 0 Å². The van der Waals surface area contributed by atoms with E-state index in [1.54, 1.807) is 24.3 Å². The minimum Gasteiger partial charge on any atom is -0.338 e. The van der Waals surface area contributed by atoms with Gasteiger partial charge in [0.05, 0.1) is 23.0 Å². The summed E-state index contributed by atoms with van der Waals surface area (Å²) in [6.07, 6.45) is 1.15. The quantitative estimate of drug-likeness (QED) is 0.429. The van der Waals surface area contributed by atoms with Gasteiger partial charge in [0, 0.05) is 24.5 Å². The van der Waals surface area contributed by atoms with Gasteiger partial charge in [0.2, 0.25) is 0 Å². The molecule has 12 heteroatoms. The number of nitrogens with one attached hydrogen (secondary N) is 4. The summed E-state index contributed by atoms with van der Waals surface area (Å²) in [5, 5.41) is 10.9. The average Bonchev–Trinajstić information content (AvgIpc) is 3.37. The average molecular weight is 535 g/mol. The molecule has 2 fully saturated rings. The van der Waals surface area contributed by atoms with Gasteiger partial charge in [-0.25, -0.2) is 26.4 Å². The Bertz CT molecular complexity index is 1210. The molecular formula is C24H30N4O6S2. The van der Waals surface area contributed by atoms with Gasteiger partial charge in [0.15, 0.2) is 19.7 Å². The van der Waals surface area contributed by atoms with Crippen LogP contribution in [-0.2, 0) is 19.7 Å². The van der Waals surface area contributed by atoms with Crippen LogP contribution in [0, 0.1) is 11.8 Å². The second-order valence-electron chi connectivity index (χ2n) is 9.36. The smallest absolute Gasteiger partial charge is 0.319 e. The summed E-state index contributed by atoms with van der Waals surface area (Å²) < 4.78 is 46.1. The first-order chi connectivity index (χ1) is 17.1. The molecule has 0 unspecified atom stereocenters. The van der Waals surface area contributed by atoms with E-state index < -0.39 is 19.7 Å². The molecule has 2 aliphatic rings. The standard InChI is InChI=1S/C24H30N4O6S2/c29-23(25-13-17-9-11-35(31,32)15-17)27-21-5-1-19(2-6-21)20-3-7-22(8-4-20)28-24(30)26-14-18-10-12-36(33,34)16-18/h1-8,17-18H,9-16H2,(H2,25,27,29)(H2,26,28,30)/t17-,18+. The number of carbonyl (C=O) groups excluding carboxylic acids is 2. The van der Waals surface area contributed by atoms with Crippen molar-refractivity contribution >= 4 is 43.1 Å². The van der Waals surface area contributed by atoms with E-state index in [2.05, 4.69) is 21.3 Å². The highest BCUT2D eigenvalue weighted by Crippen LogP contribution is 2.24. The highest BCUT2D eigenvalue weighted by molar-refractivity contribution is 7.91. The summed E-state index contributed by atoms with van der Waals surface area (Å²) in [5.74, 6) is 0.514. The molecule has 4 amide bonds. The summed E-state index contributed by atoms with van der Waals surface area (Å²) in [6.45, 7) is 0.647. The molecule has 0 aliphatic carbocycles. The number of benzene rings is 2. The number of sulfone groups is 2. The van der Waals surface area contributed by atoms with Crippen molar-refractivity contribution in [2.75, 3.05) is 46.7 Å². The molecule has 2 aromatic carbocycles. The van der Waals surface area contributed by atoms with Crippen LogP contribution in [0.15, 0.2) is 48.5 Å². The van der Waals surface area contributed by atoms with Gasteiger partial charge in [-0.3, -0.25) is 0 Å². The summed E-state index contributed by atoms with van der Waals surface area (Å²) in [7, 11) is -5.93. The first kappa shape index (κ1) is 26.0. The Hall–Kier alpha value is -3.12. The minimum atomic E-state index is -2.97. The lowest BCUT2D eigenvalue weighted by Crippen LogP contribution is -2.33. The number of carbonyl (C=O) groups is 2. The molecule has 0 radical (unpaired) electrons. The Balaban J connectivity index is 1.22. The predicted molar refractivity (Wildman–Crippen MR) is 139 cm³/mol. The van der Waals surface area contributed by atoms with E-state index in [-0.39, 0.29) is 46.9 Å². The lowest BCUT2D eigenvalue weighted by molar-refractivity contribution is 0.250. The van der Waals surface area contributed by atoms with Crippen LogP contribution in [-0.4, -0.2) is 65.0 Å². The van der Waals surface area contributed by atoms with Crippen molar-refractivity contribution in [3.8, 4) is 11.1 Å². The molecule has 10 nitrogen and oxygen atoms in total. The monoisotopic (exact) mass is 534 g/mol. The third-order valence-corrected chi connectivity index (χ3v) is 10.0. The first-order valence-corrected chi connectivity index (χ1v) is 15.4. The van der Waals surface area contributed by atoms with Crippen LogP contribution in [0.4, 0.5) is 21.0 Å². The van der Waals surface area contributed by atoms with Crippen molar-refractivity contribution in [1.29, 1.82) is 0 Å². The van der Waals surface area contributed by atoms with Crippen molar-refractivity contribution < 1.29 is 26.4 Å². The van der Waals surface area contributed by atoms with Crippen LogP contribution in [0.1, 0.15) is 12.8 Å². The second kappa shape index (κ2) is 10.9. The van der Waals surface area contributed by atoms with Gasteiger partial charge in [0.25, 0.3) is 0 Å². The van der Waals surface area contributed by atoms with E-state index in [0.29, 0.717) is 37.3 Å². The molecule has 194 valence electrons. The molecule has 0 saturated carbocycles. The van der Waals surface area contributed by atoms with Gasteiger partial charge in [0.1, 0.15) is 0 Å². The normalized spacial score (nSPS) is 22.0. The van der Waals surface area contributed by atoms with Crippen LogP contribution in [0.2, 0.25) is 0 Å². The Morgan fingerprint density at radius 1 is 0.639 bits per heavy atom. The van der Waals surface area contributed by atoms with Crippen molar-refractivity contribution in [2.24, 2.45) is 11.8 Å². The summed E-state index contributed by atoms with van der Waals surface area (Å²) in [6, 6.07) is 13.8. The van der Waals surface area contributed by atoms with Gasteiger partial charge in [-0.05, 0) is 60.1 Å². The molecule has 2 aliphatic heterocycles. The highest BCUT2D eigenvalue weighted by atomic mass is 32.2. The number of amides is 4. The van der Waals surface area contributed by atoms with Gasteiger partial charge in [-0.1, -0.05) is 24.3 Å². The van der Waals surface area contributed by atoms with Crippen molar-refractivity contribution in [3.05, 3.63) is 48.5 Å². The van der Waals surface area contributed by atoms with E-state index in [1.165, 1.54) is 0 Å². The van der Waals surface area contributed by atoms with Gasteiger partial charge >= 0.3 is 12.1 Å². The maximum Gasteiger partial charge on any atom is 0.319 e. The van der Waals surface area contributed by atoms with E-state index >= 15 is 0 Å². The van der Waals surface area contributed by atoms with Crippen LogP contribution in [0.3, 0.4) is 0 Å². The molecular weight excluding hydrogens is 504 g/mol. The molecule has 0 bridgehead atoms. The fraction of sp³-hybridized carbons (Fsp3) is 0.417. The Labute approximate surface area is 211 Å². The molecule has 4 N–H and O–H groups in total. The van der Waals surface area contributed by atoms with Gasteiger partial charge < -0.3 is 21.3 Å². The fourth-order valence-electron chi connectivity index (χ4n) is 4.38. The highest BCUT2D eigenvalue weighted by Gasteiger charge is 2.28. The van der Waals surface area contributed by atoms with E-state index in [0.717, 1.165) is 11.1 Å². The predicted octanol–water partition coefficient (Wildman–Crippen LogP) is 2.47. The van der Waals surface area contributed by atoms with E-state index in [4.69, 9.17) is 0 Å². The molecule has 2 heterocycles. The Morgan fingerprint density at radius 3 is 1.31 bits per heavy atom. The number of hydrogen-bond donors (Lipinski definition) is 4. The SMILES string of the molecule is O=C(NC[C@H]1CCS(=O)(=O)C1)Nc1ccc(-c2ccc(NC(=O)NC[C@@H]3CCS(=O)(=O)C3)cc2)cc1. The third kappa shape index (κ3) is 7.44. The van der Waals surface area contributed by atoms with Crippen LogP contribution < -0.4 is 21.3 Å². The maximum absolute atomic E-state index is 12.1. The summed E-state index contributed by atoms with van der Waals surface area (Å²) >= 11 is 0. The van der Waals surface area contributed by atoms with Crippen molar-refractivity contribution in [2.45, 2.75) is 12.8 Å². The molecule has 36 heavy (non-hydrogen) atoms. The second-order valence-corrected chi connectivity index (χ2v) is 13.8. The van der Waals surface area contributed by atoms with Crippen LogP contribution in [0.5, 0.6) is 0 Å². The molecule has 4 rings (SSSR count). The zero-order valence-electron chi connectivity index (χ0n) is 19.7. The number of hydrogen-bond acceptors (Lipinski definition) is 6. The molecule has 2 saturated heterocycles. The zero-order valence-corrected chi connectivity index (χ0v) is 21.3. The molecule has 0 aromatic heterocycles. The Kier molecular flexibility index (Phi) is 7.84. The van der Waals surface area contributed by atoms with Crippen LogP contribution in [0.25, 0.3) is 11.1 Å². The topological polar surface area (TPSA) is 151 Å². The van der Waals surface area contributed by atoms with E-state index in [9.17, 15) is 26.4 Å².